The second-order valence-corrected chi connectivity index (χ2v) is 9.42. The van der Waals surface area contributed by atoms with Gasteiger partial charge in [0, 0.05) is 17.0 Å². The minimum Gasteiger partial charge on any atom is -0.345 e. The van der Waals surface area contributed by atoms with Crippen molar-refractivity contribution in [3.8, 4) is 0 Å². The van der Waals surface area contributed by atoms with Crippen LogP contribution in [0.1, 0.15) is 35.1 Å². The molecule has 0 saturated carbocycles. The third-order valence-corrected chi connectivity index (χ3v) is 7.45. The average molecular weight is 374 g/mol. The highest BCUT2D eigenvalue weighted by Crippen LogP contribution is 2.34. The molecule has 0 aliphatic carbocycles. The number of benzene rings is 1. The Hall–Kier alpha value is -1.37. The summed E-state index contributed by atoms with van der Waals surface area (Å²) in [6.45, 7) is 6.67. The largest absolute Gasteiger partial charge is 0.345 e. The van der Waals surface area contributed by atoms with Gasteiger partial charge in [0.25, 0.3) is 5.91 Å². The Labute approximate surface area is 157 Å². The quantitative estimate of drug-likeness (QED) is 0.885. The molecule has 3 aliphatic heterocycles. The fourth-order valence-electron chi connectivity index (χ4n) is 3.96. The van der Waals surface area contributed by atoms with Crippen LogP contribution >= 0.6 is 23.1 Å². The summed E-state index contributed by atoms with van der Waals surface area (Å²) in [5, 5.41) is 3.83. The number of piperidine rings is 3. The second-order valence-electron chi connectivity index (χ2n) is 7.02. The smallest absolute Gasteiger partial charge is 0.280 e. The molecular weight excluding hydrogens is 350 g/mol. The Morgan fingerprint density at radius 2 is 2.16 bits per heavy atom. The van der Waals surface area contributed by atoms with Crippen LogP contribution in [0.15, 0.2) is 39.6 Å². The Morgan fingerprint density at radius 1 is 1.36 bits per heavy atom. The molecule has 2 bridgehead atoms. The number of carbonyl (C=O) groups excluding carboxylic acids is 1. The predicted molar refractivity (Wildman–Crippen MR) is 102 cm³/mol. The minimum absolute atomic E-state index is 0.0216. The molecule has 4 nitrogen and oxygen atoms in total. The van der Waals surface area contributed by atoms with Crippen molar-refractivity contribution in [2.45, 2.75) is 47.9 Å². The molecule has 6 heteroatoms. The van der Waals surface area contributed by atoms with Gasteiger partial charge >= 0.3 is 0 Å². The highest BCUT2D eigenvalue weighted by atomic mass is 32.2. The number of nitrogens with one attached hydrogen (secondary N) is 1. The highest BCUT2D eigenvalue weighted by molar-refractivity contribution is 8.01. The first-order chi connectivity index (χ1) is 12.1. The molecular formula is C19H23N3OS2. The third kappa shape index (κ3) is 3.61. The zero-order chi connectivity index (χ0) is 17.4. The van der Waals surface area contributed by atoms with Gasteiger partial charge in [-0.05, 0) is 57.8 Å². The van der Waals surface area contributed by atoms with Crippen molar-refractivity contribution in [2.24, 2.45) is 5.92 Å². The van der Waals surface area contributed by atoms with Gasteiger partial charge in [-0.1, -0.05) is 29.5 Å². The molecule has 2 unspecified atom stereocenters. The first kappa shape index (κ1) is 17.1. The lowest BCUT2D eigenvalue weighted by molar-refractivity contribution is 0.0217. The normalized spacial score (nSPS) is 28.1. The van der Waals surface area contributed by atoms with E-state index in [0.717, 1.165) is 4.21 Å². The van der Waals surface area contributed by atoms with Gasteiger partial charge in [-0.15, -0.1) is 11.3 Å². The maximum atomic E-state index is 12.7. The summed E-state index contributed by atoms with van der Waals surface area (Å²) in [6.07, 6.45) is 4.20. The van der Waals surface area contributed by atoms with Crippen LogP contribution in [0.25, 0.3) is 0 Å². The Balaban J connectivity index is 1.42. The van der Waals surface area contributed by atoms with E-state index in [1.54, 1.807) is 11.8 Å². The molecule has 3 aliphatic rings. The number of aryl methyl sites for hydroxylation is 1. The molecule has 2 atom stereocenters. The van der Waals surface area contributed by atoms with E-state index >= 15 is 0 Å². The monoisotopic (exact) mass is 373 g/mol. The van der Waals surface area contributed by atoms with Crippen LogP contribution < -0.4 is 5.32 Å². The lowest BCUT2D eigenvalue weighted by Crippen LogP contribution is -2.62. The maximum absolute atomic E-state index is 12.7. The first-order valence-corrected chi connectivity index (χ1v) is 10.5. The van der Waals surface area contributed by atoms with Crippen molar-refractivity contribution in [3.05, 3.63) is 41.0 Å². The molecule has 2 aromatic rings. The van der Waals surface area contributed by atoms with E-state index in [4.69, 9.17) is 0 Å². The summed E-state index contributed by atoms with van der Waals surface area (Å²) in [5.74, 6) is 0.594. The fourth-order valence-corrected chi connectivity index (χ4v) is 5.94. The van der Waals surface area contributed by atoms with Crippen LogP contribution in [0.3, 0.4) is 0 Å². The zero-order valence-electron chi connectivity index (χ0n) is 14.6. The molecule has 132 valence electrons. The molecule has 3 fully saturated rings. The van der Waals surface area contributed by atoms with Crippen molar-refractivity contribution in [1.29, 1.82) is 0 Å². The number of carbonyl (C=O) groups is 1. The van der Waals surface area contributed by atoms with Gasteiger partial charge in [0.1, 0.15) is 0 Å². The highest BCUT2D eigenvalue weighted by Gasteiger charge is 2.40. The van der Waals surface area contributed by atoms with Crippen LogP contribution in [-0.4, -0.2) is 41.0 Å². The number of hydrogen-bond acceptors (Lipinski definition) is 5. The van der Waals surface area contributed by atoms with E-state index in [9.17, 15) is 4.79 Å². The van der Waals surface area contributed by atoms with Crippen molar-refractivity contribution in [2.75, 3.05) is 13.1 Å². The Kier molecular flexibility index (Phi) is 4.84. The van der Waals surface area contributed by atoms with Crippen LogP contribution in [0, 0.1) is 12.8 Å². The van der Waals surface area contributed by atoms with E-state index < -0.39 is 0 Å². The molecule has 0 radical (unpaired) electrons. The summed E-state index contributed by atoms with van der Waals surface area (Å²) >= 11 is 3.14. The lowest BCUT2D eigenvalue weighted by atomic mass is 9.79. The van der Waals surface area contributed by atoms with Crippen LogP contribution in [0.2, 0.25) is 0 Å². The summed E-state index contributed by atoms with van der Waals surface area (Å²) in [6, 6.07) is 9.07. The van der Waals surface area contributed by atoms with E-state index in [1.807, 2.05) is 6.20 Å². The van der Waals surface area contributed by atoms with Gasteiger partial charge in [-0.2, -0.15) is 0 Å². The molecule has 5 rings (SSSR count). The van der Waals surface area contributed by atoms with E-state index in [2.05, 4.69) is 53.3 Å². The molecule has 3 saturated heterocycles. The number of amides is 1. The van der Waals surface area contributed by atoms with Crippen LogP contribution in [-0.2, 0) is 0 Å². The molecule has 0 spiro atoms. The summed E-state index contributed by atoms with van der Waals surface area (Å²) in [5.41, 5.74) is 1.24. The minimum atomic E-state index is -0.0216. The molecule has 1 N–H and O–H groups in total. The van der Waals surface area contributed by atoms with Crippen molar-refractivity contribution < 1.29 is 4.79 Å². The van der Waals surface area contributed by atoms with Gasteiger partial charge in [0.2, 0.25) is 0 Å². The van der Waals surface area contributed by atoms with Crippen LogP contribution in [0.4, 0.5) is 0 Å². The van der Waals surface area contributed by atoms with Crippen molar-refractivity contribution in [1.82, 2.24) is 15.2 Å². The fraction of sp³-hybridized carbons (Fsp3) is 0.474. The van der Waals surface area contributed by atoms with Gasteiger partial charge in [-0.3, -0.25) is 9.69 Å². The molecule has 1 aromatic carbocycles. The first-order valence-electron chi connectivity index (χ1n) is 8.85. The van der Waals surface area contributed by atoms with Gasteiger partial charge < -0.3 is 5.32 Å². The zero-order valence-corrected chi connectivity index (χ0v) is 16.2. The summed E-state index contributed by atoms with van der Waals surface area (Å²) in [7, 11) is 0. The molecule has 1 aromatic heterocycles. The number of thiazole rings is 1. The number of aromatic nitrogens is 1. The lowest BCUT2D eigenvalue weighted by Gasteiger charge is -2.49. The van der Waals surface area contributed by atoms with E-state index in [-0.39, 0.29) is 11.9 Å². The van der Waals surface area contributed by atoms with Crippen LogP contribution in [0.5, 0.6) is 0 Å². The number of nitrogens with zero attached hydrogens (tertiary/aromatic N) is 2. The number of rotatable bonds is 4. The SMILES string of the molecule is Cc1cccc(Sc2cnc(C(=O)NC3C4CCN(CC4)C3C)s2)c1. The molecule has 4 heterocycles. The van der Waals surface area contributed by atoms with Gasteiger partial charge in [-0.25, -0.2) is 4.98 Å². The van der Waals surface area contributed by atoms with Crippen molar-refractivity contribution in [3.63, 3.8) is 0 Å². The predicted octanol–water partition coefficient (Wildman–Crippen LogP) is 3.82. The standard InChI is InChI=1S/C19H23N3OS2/c1-12-4-3-5-15(10-12)24-16-11-20-19(25-16)18(23)21-17-13(2)22-8-6-14(17)7-9-22/h3-5,10-11,13-14,17H,6-9H2,1-2H3,(H,21,23). The van der Waals surface area contributed by atoms with Gasteiger partial charge in [0.05, 0.1) is 10.4 Å². The number of hydrogen-bond donors (Lipinski definition) is 1. The Morgan fingerprint density at radius 3 is 2.88 bits per heavy atom. The number of fused-ring (bicyclic) bond motifs is 3. The van der Waals surface area contributed by atoms with E-state index in [1.165, 1.54) is 47.7 Å². The Bertz CT molecular complexity index is 766. The topological polar surface area (TPSA) is 45.2 Å². The van der Waals surface area contributed by atoms with Gasteiger partial charge in [0.15, 0.2) is 5.01 Å². The third-order valence-electron chi connectivity index (χ3n) is 5.36. The molecule has 25 heavy (non-hydrogen) atoms. The molecule has 1 amide bonds. The summed E-state index contributed by atoms with van der Waals surface area (Å²) in [4.78, 5) is 20.7. The maximum Gasteiger partial charge on any atom is 0.280 e. The summed E-state index contributed by atoms with van der Waals surface area (Å²) < 4.78 is 1.05. The second kappa shape index (κ2) is 7.09. The van der Waals surface area contributed by atoms with E-state index in [0.29, 0.717) is 17.0 Å². The average Bonchev–Trinajstić information content (AvgIpc) is 3.07. The van der Waals surface area contributed by atoms with Crippen molar-refractivity contribution >= 4 is 29.0 Å².